The Morgan fingerprint density at radius 3 is 2.81 bits per heavy atom. The molecule has 2 N–H and O–H groups in total. The van der Waals surface area contributed by atoms with Gasteiger partial charge in [-0.3, -0.25) is 15.0 Å². The number of nitro benzene ring substituents is 1. The minimum atomic E-state index is -0.345. The summed E-state index contributed by atoms with van der Waals surface area (Å²) in [4.78, 5) is 13.1. The van der Waals surface area contributed by atoms with E-state index in [0.717, 1.165) is 24.6 Å². The molecule has 0 spiro atoms. The number of benzene rings is 1. The van der Waals surface area contributed by atoms with E-state index in [0.29, 0.717) is 11.7 Å². The molecule has 1 saturated carbocycles. The molecule has 1 saturated heterocycles. The van der Waals surface area contributed by atoms with E-state index in [1.165, 1.54) is 44.6 Å². The van der Waals surface area contributed by atoms with Crippen molar-refractivity contribution >= 4 is 11.4 Å². The van der Waals surface area contributed by atoms with E-state index in [4.69, 9.17) is 5.73 Å². The van der Waals surface area contributed by atoms with E-state index in [2.05, 4.69) is 4.90 Å². The minimum Gasteiger partial charge on any atom is -0.398 e. The van der Waals surface area contributed by atoms with Gasteiger partial charge in [0.05, 0.1) is 4.92 Å². The van der Waals surface area contributed by atoms with Crippen LogP contribution >= 0.6 is 0 Å². The van der Waals surface area contributed by atoms with Crippen molar-refractivity contribution in [2.75, 3.05) is 12.3 Å². The van der Waals surface area contributed by atoms with Crippen LogP contribution in [0.3, 0.4) is 0 Å². The molecule has 0 bridgehead atoms. The molecule has 2 fully saturated rings. The Morgan fingerprint density at radius 2 is 2.00 bits per heavy atom. The molecule has 5 heteroatoms. The molecule has 1 aliphatic heterocycles. The smallest absolute Gasteiger partial charge is 0.269 e. The first kappa shape index (κ1) is 14.3. The van der Waals surface area contributed by atoms with E-state index >= 15 is 0 Å². The van der Waals surface area contributed by atoms with Crippen LogP contribution in [-0.2, 0) is 6.54 Å². The number of non-ortho nitro benzene ring substituents is 1. The van der Waals surface area contributed by atoms with Crippen molar-refractivity contribution in [2.45, 2.75) is 51.1 Å². The van der Waals surface area contributed by atoms with Gasteiger partial charge in [-0.2, -0.15) is 0 Å². The van der Waals surface area contributed by atoms with Crippen LogP contribution in [0, 0.1) is 16.0 Å². The lowest BCUT2D eigenvalue weighted by molar-refractivity contribution is -0.384. The summed E-state index contributed by atoms with van der Waals surface area (Å²) in [5.74, 6) is 0.812. The Hall–Kier alpha value is -1.62. The van der Waals surface area contributed by atoms with E-state index < -0.39 is 0 Å². The molecule has 2 atom stereocenters. The molecule has 2 aliphatic rings. The molecule has 3 rings (SSSR count). The summed E-state index contributed by atoms with van der Waals surface area (Å²) < 4.78 is 0. The van der Waals surface area contributed by atoms with Gasteiger partial charge in [-0.15, -0.1) is 0 Å². The van der Waals surface area contributed by atoms with Crippen molar-refractivity contribution in [3.63, 3.8) is 0 Å². The lowest BCUT2D eigenvalue weighted by Gasteiger charge is -2.44. The van der Waals surface area contributed by atoms with E-state index in [1.54, 1.807) is 12.1 Å². The Labute approximate surface area is 125 Å². The first-order valence-corrected chi connectivity index (χ1v) is 7.92. The zero-order valence-electron chi connectivity index (χ0n) is 12.3. The van der Waals surface area contributed by atoms with Crippen LogP contribution in [0.25, 0.3) is 0 Å². The van der Waals surface area contributed by atoms with Crippen LogP contribution in [0.15, 0.2) is 18.2 Å². The first-order chi connectivity index (χ1) is 10.1. The van der Waals surface area contributed by atoms with Crippen LogP contribution in [0.1, 0.15) is 44.1 Å². The van der Waals surface area contributed by atoms with Gasteiger partial charge in [0.2, 0.25) is 0 Å². The Bertz CT molecular complexity index is 530. The van der Waals surface area contributed by atoms with Gasteiger partial charge in [-0.1, -0.05) is 12.8 Å². The van der Waals surface area contributed by atoms with Crippen molar-refractivity contribution in [1.29, 1.82) is 0 Å². The predicted molar refractivity (Wildman–Crippen MR) is 82.9 cm³/mol. The highest BCUT2D eigenvalue weighted by molar-refractivity contribution is 5.52. The number of nitrogen functional groups attached to an aromatic ring is 1. The third-order valence-electron chi connectivity index (χ3n) is 5.07. The third-order valence-corrected chi connectivity index (χ3v) is 5.07. The number of likely N-dealkylation sites (tertiary alicyclic amines) is 1. The molecule has 0 radical (unpaired) electrons. The average Bonchev–Trinajstić information content (AvgIpc) is 2.49. The highest BCUT2D eigenvalue weighted by Crippen LogP contribution is 2.36. The number of hydrogen-bond donors (Lipinski definition) is 1. The maximum Gasteiger partial charge on any atom is 0.269 e. The molecule has 1 heterocycles. The molecule has 114 valence electrons. The van der Waals surface area contributed by atoms with Crippen LogP contribution in [0.4, 0.5) is 11.4 Å². The Morgan fingerprint density at radius 1 is 1.24 bits per heavy atom. The fourth-order valence-corrected chi connectivity index (χ4v) is 3.99. The number of fused-ring (bicyclic) bond motifs is 1. The second kappa shape index (κ2) is 6.02. The van der Waals surface area contributed by atoms with Crippen molar-refractivity contribution < 1.29 is 4.92 Å². The van der Waals surface area contributed by atoms with Crippen molar-refractivity contribution in [2.24, 2.45) is 5.92 Å². The van der Waals surface area contributed by atoms with Gasteiger partial charge in [0.1, 0.15) is 0 Å². The van der Waals surface area contributed by atoms with Gasteiger partial charge < -0.3 is 5.73 Å². The van der Waals surface area contributed by atoms with Gasteiger partial charge in [0, 0.05) is 30.4 Å². The first-order valence-electron chi connectivity index (χ1n) is 7.92. The number of nitrogens with two attached hydrogens (primary N) is 1. The van der Waals surface area contributed by atoms with Gasteiger partial charge >= 0.3 is 0 Å². The number of anilines is 1. The van der Waals surface area contributed by atoms with E-state index in [1.807, 2.05) is 0 Å². The van der Waals surface area contributed by atoms with Crippen LogP contribution < -0.4 is 5.73 Å². The fourth-order valence-electron chi connectivity index (χ4n) is 3.99. The van der Waals surface area contributed by atoms with Gasteiger partial charge in [-0.05, 0) is 49.8 Å². The van der Waals surface area contributed by atoms with Gasteiger partial charge in [0.15, 0.2) is 0 Å². The zero-order valence-corrected chi connectivity index (χ0v) is 12.3. The molecule has 0 aromatic heterocycles. The lowest BCUT2D eigenvalue weighted by atomic mass is 9.78. The molecular weight excluding hydrogens is 266 g/mol. The third kappa shape index (κ3) is 3.02. The molecule has 1 aliphatic carbocycles. The van der Waals surface area contributed by atoms with E-state index in [9.17, 15) is 10.1 Å². The predicted octanol–water partition coefficient (Wildman–Crippen LogP) is 3.33. The summed E-state index contributed by atoms with van der Waals surface area (Å²) in [7, 11) is 0. The fraction of sp³-hybridized carbons (Fsp3) is 0.625. The van der Waals surface area contributed by atoms with Crippen LogP contribution in [0.2, 0.25) is 0 Å². The molecule has 0 amide bonds. The average molecular weight is 289 g/mol. The summed E-state index contributed by atoms with van der Waals surface area (Å²) in [6.07, 6.45) is 7.84. The highest BCUT2D eigenvalue weighted by Gasteiger charge is 2.33. The molecule has 5 nitrogen and oxygen atoms in total. The largest absolute Gasteiger partial charge is 0.398 e. The topological polar surface area (TPSA) is 72.4 Å². The maximum atomic E-state index is 10.9. The lowest BCUT2D eigenvalue weighted by Crippen LogP contribution is -2.46. The normalized spacial score (nSPS) is 26.3. The van der Waals surface area contributed by atoms with Crippen molar-refractivity contribution in [3.05, 3.63) is 33.9 Å². The van der Waals surface area contributed by atoms with E-state index in [-0.39, 0.29) is 10.6 Å². The van der Waals surface area contributed by atoms with Crippen LogP contribution in [-0.4, -0.2) is 22.4 Å². The second-order valence-corrected chi connectivity index (χ2v) is 6.36. The molecule has 0 unspecified atom stereocenters. The summed E-state index contributed by atoms with van der Waals surface area (Å²) in [5, 5.41) is 10.9. The maximum absolute atomic E-state index is 10.9. The second-order valence-electron chi connectivity index (χ2n) is 6.36. The number of hydrogen-bond acceptors (Lipinski definition) is 4. The van der Waals surface area contributed by atoms with Gasteiger partial charge in [0.25, 0.3) is 5.69 Å². The molecule has 1 aromatic rings. The molecular formula is C16H23N3O2. The molecule has 21 heavy (non-hydrogen) atoms. The van der Waals surface area contributed by atoms with Crippen LogP contribution in [0.5, 0.6) is 0 Å². The Kier molecular flexibility index (Phi) is 4.10. The number of nitrogens with zero attached hydrogens (tertiary/aromatic N) is 2. The summed E-state index contributed by atoms with van der Waals surface area (Å²) in [6, 6.07) is 5.43. The summed E-state index contributed by atoms with van der Waals surface area (Å²) >= 11 is 0. The SMILES string of the molecule is Nc1ccc([N+](=O)[O-])cc1CN1CCC[C@H]2CCCC[C@H]21. The zero-order chi connectivity index (χ0) is 14.8. The monoisotopic (exact) mass is 289 g/mol. The highest BCUT2D eigenvalue weighted by atomic mass is 16.6. The summed E-state index contributed by atoms with van der Waals surface area (Å²) in [6.45, 7) is 1.83. The number of rotatable bonds is 3. The summed E-state index contributed by atoms with van der Waals surface area (Å²) in [5.41, 5.74) is 7.72. The number of nitro groups is 1. The minimum absolute atomic E-state index is 0.136. The van der Waals surface area contributed by atoms with Gasteiger partial charge in [-0.25, -0.2) is 0 Å². The van der Waals surface area contributed by atoms with Crippen molar-refractivity contribution in [3.8, 4) is 0 Å². The quantitative estimate of drug-likeness (QED) is 0.526. The number of piperidine rings is 1. The molecule has 1 aromatic carbocycles. The van der Waals surface area contributed by atoms with Crippen molar-refractivity contribution in [1.82, 2.24) is 4.90 Å². The Balaban J connectivity index is 1.78. The standard InChI is InChI=1S/C16H23N3O2/c17-15-8-7-14(19(20)21)10-13(15)11-18-9-3-5-12-4-1-2-6-16(12)18/h7-8,10,12,16H,1-6,9,11,17H2/t12-,16-/m1/s1.